The lowest BCUT2D eigenvalue weighted by Crippen LogP contribution is -2.57. The Morgan fingerprint density at radius 1 is 1.57 bits per heavy atom. The van der Waals surface area contributed by atoms with Gasteiger partial charge in [-0.3, -0.25) is 11.3 Å². The van der Waals surface area contributed by atoms with Gasteiger partial charge < -0.3 is 4.74 Å². The Hall–Kier alpha value is -0.490. The third-order valence-electron chi connectivity index (χ3n) is 4.67. The van der Waals surface area contributed by atoms with E-state index in [0.717, 1.165) is 29.3 Å². The van der Waals surface area contributed by atoms with Gasteiger partial charge in [-0.2, -0.15) is 0 Å². The number of hydrazine groups is 1. The van der Waals surface area contributed by atoms with Crippen molar-refractivity contribution in [2.24, 2.45) is 11.8 Å². The molecule has 2 rings (SSSR count). The Morgan fingerprint density at radius 2 is 2.33 bits per heavy atom. The highest BCUT2D eigenvalue weighted by molar-refractivity contribution is 9.10. The molecule has 1 saturated carbocycles. The van der Waals surface area contributed by atoms with Crippen molar-refractivity contribution in [1.82, 2.24) is 5.43 Å². The van der Waals surface area contributed by atoms with E-state index in [1.807, 2.05) is 0 Å². The minimum absolute atomic E-state index is 0.0386. The fraction of sp³-hybridized carbons (Fsp3) is 0.625. The van der Waals surface area contributed by atoms with Crippen molar-refractivity contribution in [3.63, 3.8) is 0 Å². The molecule has 3 nitrogen and oxygen atoms in total. The molecule has 0 spiro atoms. The number of ether oxygens (including phenoxy) is 1. The van der Waals surface area contributed by atoms with Crippen LogP contribution in [0.5, 0.6) is 0 Å². The summed E-state index contributed by atoms with van der Waals surface area (Å²) in [5, 5.41) is 0. The summed E-state index contributed by atoms with van der Waals surface area (Å²) in [6.45, 7) is 2.25. The maximum absolute atomic E-state index is 13.5. The summed E-state index contributed by atoms with van der Waals surface area (Å²) in [6, 6.07) is 4.71. The molecule has 1 fully saturated rings. The van der Waals surface area contributed by atoms with Gasteiger partial charge in [0.15, 0.2) is 0 Å². The minimum atomic E-state index is -0.280. The van der Waals surface area contributed by atoms with Crippen molar-refractivity contribution in [3.05, 3.63) is 34.1 Å². The van der Waals surface area contributed by atoms with Crippen molar-refractivity contribution in [1.29, 1.82) is 0 Å². The third kappa shape index (κ3) is 3.83. The second-order valence-electron chi connectivity index (χ2n) is 6.13. The van der Waals surface area contributed by atoms with E-state index in [2.05, 4.69) is 28.3 Å². The average molecular weight is 359 g/mol. The van der Waals surface area contributed by atoms with Gasteiger partial charge in [-0.05, 0) is 48.9 Å². The second-order valence-corrected chi connectivity index (χ2v) is 6.98. The van der Waals surface area contributed by atoms with Gasteiger partial charge in [0.2, 0.25) is 0 Å². The van der Waals surface area contributed by atoms with Crippen molar-refractivity contribution in [2.75, 3.05) is 7.11 Å². The van der Waals surface area contributed by atoms with Crippen molar-refractivity contribution in [3.8, 4) is 0 Å². The zero-order valence-electron chi connectivity index (χ0n) is 12.7. The maximum atomic E-state index is 13.5. The molecule has 0 bridgehead atoms. The molecular formula is C16H24BrFN2O. The van der Waals surface area contributed by atoms with Gasteiger partial charge in [-0.15, -0.1) is 0 Å². The van der Waals surface area contributed by atoms with E-state index in [1.165, 1.54) is 12.5 Å². The predicted octanol–water partition coefficient (Wildman–Crippen LogP) is 3.56. The van der Waals surface area contributed by atoms with E-state index in [9.17, 15) is 4.39 Å². The number of hydrogen-bond donors (Lipinski definition) is 2. The summed E-state index contributed by atoms with van der Waals surface area (Å²) in [6.07, 6.45) is 4.96. The minimum Gasteiger partial charge on any atom is -0.377 e. The molecular weight excluding hydrogens is 335 g/mol. The lowest BCUT2D eigenvalue weighted by molar-refractivity contribution is -0.0791. The highest BCUT2D eigenvalue weighted by Gasteiger charge is 2.41. The third-order valence-corrected chi connectivity index (χ3v) is 5.44. The van der Waals surface area contributed by atoms with Crippen LogP contribution in [0.25, 0.3) is 0 Å². The SMILES string of the molecule is COC1(C(Cc2cc(F)ccc2Br)NN)CCCC(C)C1. The Labute approximate surface area is 134 Å². The lowest BCUT2D eigenvalue weighted by atomic mass is 9.73. The molecule has 5 heteroatoms. The van der Waals surface area contributed by atoms with E-state index in [1.54, 1.807) is 19.2 Å². The Kier molecular flexibility index (Phi) is 5.77. The Balaban J connectivity index is 2.23. The van der Waals surface area contributed by atoms with Crippen LogP contribution >= 0.6 is 15.9 Å². The molecule has 1 aliphatic rings. The molecule has 0 amide bonds. The summed E-state index contributed by atoms with van der Waals surface area (Å²) in [7, 11) is 1.75. The molecule has 0 saturated heterocycles. The van der Waals surface area contributed by atoms with Gasteiger partial charge in [0.1, 0.15) is 5.82 Å². The van der Waals surface area contributed by atoms with E-state index >= 15 is 0 Å². The first kappa shape index (κ1) is 16.9. The van der Waals surface area contributed by atoms with Crippen LogP contribution in [-0.4, -0.2) is 18.8 Å². The summed E-state index contributed by atoms with van der Waals surface area (Å²) in [4.78, 5) is 0. The van der Waals surface area contributed by atoms with Crippen LogP contribution in [-0.2, 0) is 11.2 Å². The molecule has 3 N–H and O–H groups in total. The number of methoxy groups -OCH3 is 1. The van der Waals surface area contributed by atoms with E-state index < -0.39 is 0 Å². The lowest BCUT2D eigenvalue weighted by Gasteiger charge is -2.44. The molecule has 1 aromatic carbocycles. The molecule has 1 aliphatic carbocycles. The van der Waals surface area contributed by atoms with Crippen molar-refractivity contribution < 1.29 is 9.13 Å². The fourth-order valence-electron chi connectivity index (χ4n) is 3.50. The van der Waals surface area contributed by atoms with Crippen LogP contribution < -0.4 is 11.3 Å². The van der Waals surface area contributed by atoms with Crippen LogP contribution in [0.3, 0.4) is 0 Å². The Morgan fingerprint density at radius 3 is 2.95 bits per heavy atom. The molecule has 0 radical (unpaired) electrons. The largest absolute Gasteiger partial charge is 0.377 e. The van der Waals surface area contributed by atoms with Crippen LogP contribution in [0.2, 0.25) is 0 Å². The summed E-state index contributed by atoms with van der Waals surface area (Å²) in [5.41, 5.74) is 3.54. The highest BCUT2D eigenvalue weighted by atomic mass is 79.9. The average Bonchev–Trinajstić information content (AvgIpc) is 2.48. The van der Waals surface area contributed by atoms with Crippen molar-refractivity contribution >= 4 is 15.9 Å². The number of hydrogen-bond acceptors (Lipinski definition) is 3. The van der Waals surface area contributed by atoms with E-state index in [-0.39, 0.29) is 17.5 Å². The summed E-state index contributed by atoms with van der Waals surface area (Å²) < 4.78 is 20.3. The van der Waals surface area contributed by atoms with Gasteiger partial charge in [-0.1, -0.05) is 35.7 Å². The predicted molar refractivity (Wildman–Crippen MR) is 86.3 cm³/mol. The topological polar surface area (TPSA) is 47.3 Å². The first-order valence-corrected chi connectivity index (χ1v) is 8.25. The van der Waals surface area contributed by atoms with Crippen LogP contribution in [0.4, 0.5) is 4.39 Å². The second kappa shape index (κ2) is 7.18. The van der Waals surface area contributed by atoms with E-state index in [0.29, 0.717) is 12.3 Å². The van der Waals surface area contributed by atoms with Gasteiger partial charge in [0, 0.05) is 11.6 Å². The quantitative estimate of drug-likeness (QED) is 0.624. The monoisotopic (exact) mass is 358 g/mol. The maximum Gasteiger partial charge on any atom is 0.123 e. The smallest absolute Gasteiger partial charge is 0.123 e. The normalized spacial score (nSPS) is 27.6. The molecule has 0 heterocycles. The molecule has 21 heavy (non-hydrogen) atoms. The summed E-state index contributed by atoms with van der Waals surface area (Å²) in [5.74, 6) is 6.19. The zero-order valence-corrected chi connectivity index (χ0v) is 14.2. The fourth-order valence-corrected chi connectivity index (χ4v) is 3.91. The molecule has 0 aliphatic heterocycles. The summed E-state index contributed by atoms with van der Waals surface area (Å²) >= 11 is 3.49. The van der Waals surface area contributed by atoms with Crippen LogP contribution in [0.1, 0.15) is 38.2 Å². The number of nitrogens with one attached hydrogen (secondary N) is 1. The van der Waals surface area contributed by atoms with Gasteiger partial charge >= 0.3 is 0 Å². The molecule has 1 aromatic rings. The molecule has 3 atom stereocenters. The standard InChI is InChI=1S/C16H24BrFN2O/c1-11-4-3-7-16(10-11,21-2)15(20-19)9-12-8-13(18)5-6-14(12)17/h5-6,8,11,15,20H,3-4,7,9-10,19H2,1-2H3. The first-order valence-electron chi connectivity index (χ1n) is 7.46. The van der Waals surface area contributed by atoms with E-state index in [4.69, 9.17) is 10.6 Å². The highest BCUT2D eigenvalue weighted by Crippen LogP contribution is 2.38. The number of rotatable bonds is 5. The number of nitrogens with two attached hydrogens (primary N) is 1. The van der Waals surface area contributed by atoms with Gasteiger partial charge in [0.25, 0.3) is 0 Å². The van der Waals surface area contributed by atoms with Gasteiger partial charge in [-0.25, -0.2) is 4.39 Å². The molecule has 0 aromatic heterocycles. The zero-order chi connectivity index (χ0) is 15.5. The van der Waals surface area contributed by atoms with Crippen molar-refractivity contribution in [2.45, 2.75) is 50.7 Å². The van der Waals surface area contributed by atoms with Gasteiger partial charge in [0.05, 0.1) is 11.6 Å². The van der Waals surface area contributed by atoms with Crippen LogP contribution in [0.15, 0.2) is 22.7 Å². The molecule has 118 valence electrons. The first-order chi connectivity index (χ1) is 10.0. The van der Waals surface area contributed by atoms with Crippen LogP contribution in [0, 0.1) is 11.7 Å². The number of benzene rings is 1. The molecule has 3 unspecified atom stereocenters. The Bertz CT molecular complexity index is 485. The number of halogens is 2.